The second kappa shape index (κ2) is 8.31. The zero-order valence-corrected chi connectivity index (χ0v) is 13.1. The third-order valence-electron chi connectivity index (χ3n) is 3.45. The van der Waals surface area contributed by atoms with Gasteiger partial charge in [-0.2, -0.15) is 0 Å². The summed E-state index contributed by atoms with van der Waals surface area (Å²) in [4.78, 5) is 11.9. The molecule has 5 nitrogen and oxygen atoms in total. The summed E-state index contributed by atoms with van der Waals surface area (Å²) in [5.74, 6) is 0.123. The maximum Gasteiger partial charge on any atom is 0.338 e. The molecule has 0 aliphatic heterocycles. The van der Waals surface area contributed by atoms with Gasteiger partial charge in [0.1, 0.15) is 11.9 Å². The Bertz CT molecular complexity index is 609. The van der Waals surface area contributed by atoms with E-state index in [-0.39, 0.29) is 6.61 Å². The minimum absolute atomic E-state index is 0.174. The van der Waals surface area contributed by atoms with E-state index < -0.39 is 18.2 Å². The molecule has 0 aromatic heterocycles. The molecule has 0 radical (unpaired) electrons. The molecule has 2 atom stereocenters. The van der Waals surface area contributed by atoms with Crippen molar-refractivity contribution in [1.29, 1.82) is 0 Å². The van der Waals surface area contributed by atoms with Crippen LogP contribution in [0, 0.1) is 0 Å². The summed E-state index contributed by atoms with van der Waals surface area (Å²) in [6, 6.07) is 16.2. The van der Waals surface area contributed by atoms with Gasteiger partial charge in [0.2, 0.25) is 0 Å². The van der Waals surface area contributed by atoms with E-state index >= 15 is 0 Å². The van der Waals surface area contributed by atoms with Crippen molar-refractivity contribution in [3.63, 3.8) is 0 Å². The van der Waals surface area contributed by atoms with Crippen molar-refractivity contribution in [2.45, 2.75) is 18.8 Å². The van der Waals surface area contributed by atoms with Crippen molar-refractivity contribution in [2.75, 3.05) is 14.2 Å². The van der Waals surface area contributed by atoms with E-state index in [4.69, 9.17) is 14.2 Å². The lowest BCUT2D eigenvalue weighted by Gasteiger charge is -2.21. The molecular weight excluding hydrogens is 296 g/mol. The Morgan fingerprint density at radius 3 is 2.26 bits per heavy atom. The van der Waals surface area contributed by atoms with Crippen LogP contribution in [0.4, 0.5) is 0 Å². The summed E-state index contributed by atoms with van der Waals surface area (Å²) in [5, 5.41) is 10.4. The first-order chi connectivity index (χ1) is 11.2. The number of methoxy groups -OCH3 is 2. The second-order valence-corrected chi connectivity index (χ2v) is 4.96. The van der Waals surface area contributed by atoms with Crippen LogP contribution in [0.1, 0.15) is 17.2 Å². The van der Waals surface area contributed by atoms with Gasteiger partial charge in [-0.15, -0.1) is 0 Å². The first-order valence-electron chi connectivity index (χ1n) is 7.21. The third-order valence-corrected chi connectivity index (χ3v) is 3.45. The van der Waals surface area contributed by atoms with Crippen LogP contribution in [0.25, 0.3) is 0 Å². The number of benzene rings is 2. The first-order valence-corrected chi connectivity index (χ1v) is 7.21. The van der Waals surface area contributed by atoms with Crippen molar-refractivity contribution >= 4 is 5.97 Å². The van der Waals surface area contributed by atoms with Gasteiger partial charge in [0, 0.05) is 0 Å². The van der Waals surface area contributed by atoms with Gasteiger partial charge >= 0.3 is 5.97 Å². The summed E-state index contributed by atoms with van der Waals surface area (Å²) < 4.78 is 15.4. The predicted octanol–water partition coefficient (Wildman–Crippen LogP) is 2.49. The molecule has 0 saturated heterocycles. The van der Waals surface area contributed by atoms with Crippen LogP contribution >= 0.6 is 0 Å². The average molecular weight is 316 g/mol. The highest BCUT2D eigenvalue weighted by atomic mass is 16.6. The van der Waals surface area contributed by atoms with Gasteiger partial charge < -0.3 is 19.3 Å². The van der Waals surface area contributed by atoms with Gasteiger partial charge in [-0.05, 0) is 23.3 Å². The molecule has 0 aliphatic rings. The fourth-order valence-corrected chi connectivity index (χ4v) is 2.14. The Balaban J connectivity index is 2.07. The Morgan fingerprint density at radius 2 is 1.70 bits per heavy atom. The van der Waals surface area contributed by atoms with E-state index in [2.05, 4.69) is 0 Å². The highest BCUT2D eigenvalue weighted by Crippen LogP contribution is 2.22. The molecule has 2 rings (SSSR count). The van der Waals surface area contributed by atoms with E-state index in [1.54, 1.807) is 43.5 Å². The third kappa shape index (κ3) is 4.55. The maximum atomic E-state index is 11.9. The summed E-state index contributed by atoms with van der Waals surface area (Å²) in [5.41, 5.74) is 1.46. The fraction of sp³-hybridized carbons (Fsp3) is 0.278. The molecule has 5 heteroatoms. The van der Waals surface area contributed by atoms with E-state index in [1.807, 2.05) is 18.2 Å². The molecule has 0 spiro atoms. The smallest absolute Gasteiger partial charge is 0.338 e. The zero-order chi connectivity index (χ0) is 16.7. The van der Waals surface area contributed by atoms with Gasteiger partial charge in [-0.3, -0.25) is 0 Å². The standard InChI is InChI=1S/C18H20O5/c1-21-15-10-8-13(9-11-15)12-23-17(18(20)22-2)16(19)14-6-4-3-5-7-14/h3-11,16-17,19H,12H2,1-2H3/t16-,17+/m1/s1. The minimum atomic E-state index is -1.10. The Kier molecular flexibility index (Phi) is 6.14. The molecular formula is C18H20O5. The molecule has 2 aromatic rings. The van der Waals surface area contributed by atoms with Crippen molar-refractivity contribution in [3.05, 3.63) is 65.7 Å². The number of ether oxygens (including phenoxy) is 3. The molecule has 0 saturated carbocycles. The van der Waals surface area contributed by atoms with Crippen molar-refractivity contribution in [1.82, 2.24) is 0 Å². The molecule has 0 unspecified atom stereocenters. The topological polar surface area (TPSA) is 65.0 Å². The van der Waals surface area contributed by atoms with Crippen LogP contribution in [0.3, 0.4) is 0 Å². The van der Waals surface area contributed by atoms with Crippen LogP contribution in [0.5, 0.6) is 5.75 Å². The SMILES string of the molecule is COC(=O)[C@@H](OCc1ccc(OC)cc1)[C@H](O)c1ccccc1. The number of aliphatic hydroxyl groups excluding tert-OH is 1. The molecule has 1 N–H and O–H groups in total. The van der Waals surface area contributed by atoms with Crippen LogP contribution in [0.15, 0.2) is 54.6 Å². The van der Waals surface area contributed by atoms with Gasteiger partial charge in [0.05, 0.1) is 20.8 Å². The van der Waals surface area contributed by atoms with Gasteiger partial charge in [-0.25, -0.2) is 4.79 Å². The number of aliphatic hydroxyl groups is 1. The van der Waals surface area contributed by atoms with Crippen LogP contribution in [0.2, 0.25) is 0 Å². The molecule has 0 heterocycles. The van der Waals surface area contributed by atoms with Crippen LogP contribution in [-0.4, -0.2) is 31.4 Å². The number of rotatable bonds is 7. The summed E-state index contributed by atoms with van der Waals surface area (Å²) in [7, 11) is 2.86. The normalized spacial score (nSPS) is 13.2. The number of hydrogen-bond acceptors (Lipinski definition) is 5. The zero-order valence-electron chi connectivity index (χ0n) is 13.1. The molecule has 122 valence electrons. The van der Waals surface area contributed by atoms with E-state index in [1.165, 1.54) is 7.11 Å². The van der Waals surface area contributed by atoms with E-state index in [0.29, 0.717) is 5.56 Å². The second-order valence-electron chi connectivity index (χ2n) is 4.96. The average Bonchev–Trinajstić information content (AvgIpc) is 2.62. The molecule has 0 amide bonds. The molecule has 23 heavy (non-hydrogen) atoms. The lowest BCUT2D eigenvalue weighted by atomic mass is 10.0. The number of carbonyl (C=O) groups is 1. The Morgan fingerprint density at radius 1 is 1.04 bits per heavy atom. The van der Waals surface area contributed by atoms with E-state index in [9.17, 15) is 9.90 Å². The highest BCUT2D eigenvalue weighted by Gasteiger charge is 2.29. The van der Waals surface area contributed by atoms with Crippen molar-refractivity contribution in [2.24, 2.45) is 0 Å². The lowest BCUT2D eigenvalue weighted by molar-refractivity contribution is -0.164. The van der Waals surface area contributed by atoms with Gasteiger partial charge in [-0.1, -0.05) is 42.5 Å². The van der Waals surface area contributed by atoms with Gasteiger partial charge in [0.25, 0.3) is 0 Å². The predicted molar refractivity (Wildman–Crippen MR) is 85.0 cm³/mol. The maximum absolute atomic E-state index is 11.9. The fourth-order valence-electron chi connectivity index (χ4n) is 2.14. The summed E-state index contributed by atoms with van der Waals surface area (Å²) in [6.45, 7) is 0.174. The van der Waals surface area contributed by atoms with Crippen molar-refractivity contribution < 1.29 is 24.1 Å². The summed E-state index contributed by atoms with van der Waals surface area (Å²) >= 11 is 0. The molecule has 0 aliphatic carbocycles. The molecule has 0 bridgehead atoms. The minimum Gasteiger partial charge on any atom is -0.497 e. The van der Waals surface area contributed by atoms with Crippen molar-refractivity contribution in [3.8, 4) is 5.75 Å². The number of hydrogen-bond donors (Lipinski definition) is 1. The lowest BCUT2D eigenvalue weighted by Crippen LogP contribution is -2.32. The van der Waals surface area contributed by atoms with E-state index in [0.717, 1.165) is 11.3 Å². The molecule has 0 fully saturated rings. The number of carbonyl (C=O) groups excluding carboxylic acids is 1. The quantitative estimate of drug-likeness (QED) is 0.795. The van der Waals surface area contributed by atoms with Crippen LogP contribution in [-0.2, 0) is 20.9 Å². The van der Waals surface area contributed by atoms with Gasteiger partial charge in [0.15, 0.2) is 6.10 Å². The van der Waals surface area contributed by atoms with Crippen LogP contribution < -0.4 is 4.74 Å². The number of esters is 1. The highest BCUT2D eigenvalue weighted by molar-refractivity contribution is 5.75. The Labute approximate surface area is 135 Å². The largest absolute Gasteiger partial charge is 0.497 e. The monoisotopic (exact) mass is 316 g/mol. The molecule has 2 aromatic carbocycles. The summed E-state index contributed by atoms with van der Waals surface area (Å²) in [6.07, 6.45) is -2.19. The Hall–Kier alpha value is -2.37. The first kappa shape index (κ1) is 17.0.